The van der Waals surface area contributed by atoms with Crippen LogP contribution in [0.3, 0.4) is 0 Å². The summed E-state index contributed by atoms with van der Waals surface area (Å²) in [6, 6.07) is 0. The highest BCUT2D eigenvalue weighted by molar-refractivity contribution is 7.87. The third-order valence-electron chi connectivity index (χ3n) is 1.31. The number of rotatable bonds is 1. The van der Waals surface area contributed by atoms with Gasteiger partial charge < -0.3 is 0 Å². The second kappa shape index (κ2) is 1.76. The summed E-state index contributed by atoms with van der Waals surface area (Å²) in [6.07, 6.45) is -0.280. The lowest BCUT2D eigenvalue weighted by Crippen LogP contribution is -2.33. The average Bonchev–Trinajstić information content (AvgIpc) is 1.55. The Morgan fingerprint density at radius 2 is 1.89 bits per heavy atom. The van der Waals surface area contributed by atoms with Crippen LogP contribution in [0.25, 0.3) is 0 Å². The fraction of sp³-hybridized carbons (Fsp3) is 0.750. The van der Waals surface area contributed by atoms with Gasteiger partial charge in [0.15, 0.2) is 0 Å². The summed E-state index contributed by atoms with van der Waals surface area (Å²) in [7, 11) is -4.42. The quantitative estimate of drug-likeness (QED) is 0.497. The molecule has 1 aliphatic rings. The zero-order valence-electron chi connectivity index (χ0n) is 4.50. The first-order chi connectivity index (χ1) is 4.00. The molecule has 0 heterocycles. The summed E-state index contributed by atoms with van der Waals surface area (Å²) in [5.74, 6) is -0.179. The van der Waals surface area contributed by atoms with Gasteiger partial charge in [0.05, 0.1) is 0 Å². The van der Waals surface area contributed by atoms with Crippen LogP contribution in [0.1, 0.15) is 12.8 Å². The third kappa shape index (κ3) is 1.27. The number of carbonyl (C=O) groups excluding carboxylic acids is 1. The lowest BCUT2D eigenvalue weighted by Gasteiger charge is -2.18. The van der Waals surface area contributed by atoms with Crippen LogP contribution in [0.2, 0.25) is 0 Å². The van der Waals surface area contributed by atoms with Crippen LogP contribution < -0.4 is 0 Å². The van der Waals surface area contributed by atoms with Gasteiger partial charge in [0.25, 0.3) is 0 Å². The molecule has 0 unspecified atom stereocenters. The first kappa shape index (κ1) is 6.67. The highest BCUT2D eigenvalue weighted by Crippen LogP contribution is 2.23. The van der Waals surface area contributed by atoms with E-state index in [1.165, 1.54) is 0 Å². The summed E-state index contributed by atoms with van der Waals surface area (Å²) in [6.45, 7) is 0. The zero-order valence-corrected chi connectivity index (χ0v) is 5.32. The van der Waals surface area contributed by atoms with Gasteiger partial charge in [-0.2, -0.15) is 8.42 Å². The molecule has 0 saturated heterocycles. The maximum atomic E-state index is 11.8. The summed E-state index contributed by atoms with van der Waals surface area (Å²) < 4.78 is 31.7. The molecular weight excluding hydrogens is 147 g/mol. The van der Waals surface area contributed by atoms with Crippen molar-refractivity contribution in [3.05, 3.63) is 0 Å². The van der Waals surface area contributed by atoms with Crippen molar-refractivity contribution in [1.82, 2.24) is 0 Å². The molecule has 1 aliphatic carbocycles. The van der Waals surface area contributed by atoms with Crippen molar-refractivity contribution in [2.45, 2.75) is 18.1 Å². The molecule has 52 valence electrons. The fourth-order valence-corrected chi connectivity index (χ4v) is 1.42. The molecule has 0 N–H and O–H groups in total. The molecule has 0 aromatic carbocycles. The van der Waals surface area contributed by atoms with E-state index < -0.39 is 15.5 Å². The predicted octanol–water partition coefficient (Wildman–Crippen LogP) is 0.0172. The standard InChI is InChI=1S/C4H5FO3S/c5-9(7,8)4-1-3(6)2-4/h4H,1-2H2. The molecule has 0 atom stereocenters. The van der Waals surface area contributed by atoms with Crippen LogP contribution in [-0.4, -0.2) is 19.5 Å². The Kier molecular flexibility index (Phi) is 1.31. The zero-order chi connectivity index (χ0) is 7.07. The maximum absolute atomic E-state index is 11.8. The lowest BCUT2D eigenvalue weighted by molar-refractivity contribution is -0.123. The van der Waals surface area contributed by atoms with Crippen molar-refractivity contribution in [3.8, 4) is 0 Å². The number of ketones is 1. The minimum atomic E-state index is -4.42. The molecule has 1 fully saturated rings. The Hall–Kier alpha value is -0.450. The van der Waals surface area contributed by atoms with E-state index in [-0.39, 0.29) is 18.6 Å². The van der Waals surface area contributed by atoms with E-state index in [9.17, 15) is 17.1 Å². The van der Waals surface area contributed by atoms with Gasteiger partial charge in [-0.1, -0.05) is 0 Å². The summed E-state index contributed by atoms with van der Waals surface area (Å²) in [5, 5.41) is -1.04. The van der Waals surface area contributed by atoms with Crippen molar-refractivity contribution in [3.63, 3.8) is 0 Å². The van der Waals surface area contributed by atoms with Crippen molar-refractivity contribution in [2.24, 2.45) is 0 Å². The number of Topliss-reactive ketones (excluding diaryl/α,β-unsaturated/α-hetero) is 1. The molecule has 0 aliphatic heterocycles. The number of hydrogen-bond acceptors (Lipinski definition) is 3. The molecule has 0 amide bonds. The highest BCUT2D eigenvalue weighted by Gasteiger charge is 2.37. The van der Waals surface area contributed by atoms with Gasteiger partial charge in [-0.15, -0.1) is 3.89 Å². The van der Waals surface area contributed by atoms with Crippen LogP contribution in [0.4, 0.5) is 3.89 Å². The molecule has 1 rings (SSSR count). The van der Waals surface area contributed by atoms with Crippen LogP contribution in [-0.2, 0) is 15.0 Å². The van der Waals surface area contributed by atoms with E-state index in [1.807, 2.05) is 0 Å². The van der Waals surface area contributed by atoms with Crippen molar-refractivity contribution < 1.29 is 17.1 Å². The smallest absolute Gasteiger partial charge is 0.300 e. The molecule has 0 aromatic rings. The van der Waals surface area contributed by atoms with Gasteiger partial charge in [-0.3, -0.25) is 4.79 Å². The molecule has 1 saturated carbocycles. The largest absolute Gasteiger partial charge is 0.306 e. The molecule has 3 nitrogen and oxygen atoms in total. The molecule has 0 radical (unpaired) electrons. The second-order valence-corrected chi connectivity index (χ2v) is 3.66. The first-order valence-electron chi connectivity index (χ1n) is 2.45. The van der Waals surface area contributed by atoms with E-state index in [1.54, 1.807) is 0 Å². The molecule has 9 heavy (non-hydrogen) atoms. The fourth-order valence-electron chi connectivity index (χ4n) is 0.647. The van der Waals surface area contributed by atoms with E-state index in [2.05, 4.69) is 0 Å². The van der Waals surface area contributed by atoms with E-state index in [0.29, 0.717) is 0 Å². The first-order valence-corrected chi connectivity index (χ1v) is 3.90. The van der Waals surface area contributed by atoms with Crippen LogP contribution in [0, 0.1) is 0 Å². The lowest BCUT2D eigenvalue weighted by atomic mass is 9.98. The van der Waals surface area contributed by atoms with E-state index in [0.717, 1.165) is 0 Å². The van der Waals surface area contributed by atoms with Crippen molar-refractivity contribution in [2.75, 3.05) is 0 Å². The number of hydrogen-bond donors (Lipinski definition) is 0. The molecule has 0 aromatic heterocycles. The van der Waals surface area contributed by atoms with E-state index >= 15 is 0 Å². The minimum absolute atomic E-state index is 0.140. The molecule has 0 spiro atoms. The Labute approximate surface area is 52.1 Å². The molecular formula is C4H5FO3S. The number of halogens is 1. The van der Waals surface area contributed by atoms with Crippen LogP contribution in [0.15, 0.2) is 0 Å². The van der Waals surface area contributed by atoms with Crippen LogP contribution >= 0.6 is 0 Å². The Morgan fingerprint density at radius 3 is 2.00 bits per heavy atom. The van der Waals surface area contributed by atoms with Gasteiger partial charge in [0, 0.05) is 12.8 Å². The minimum Gasteiger partial charge on any atom is -0.300 e. The van der Waals surface area contributed by atoms with E-state index in [4.69, 9.17) is 0 Å². The predicted molar refractivity (Wildman–Crippen MR) is 28.1 cm³/mol. The number of carbonyl (C=O) groups is 1. The topological polar surface area (TPSA) is 51.2 Å². The molecule has 5 heteroatoms. The second-order valence-electron chi connectivity index (χ2n) is 2.04. The van der Waals surface area contributed by atoms with Gasteiger partial charge >= 0.3 is 10.2 Å². The van der Waals surface area contributed by atoms with Crippen LogP contribution in [0.5, 0.6) is 0 Å². The maximum Gasteiger partial charge on any atom is 0.306 e. The molecule has 0 bridgehead atoms. The Morgan fingerprint density at radius 1 is 1.44 bits per heavy atom. The average molecular weight is 152 g/mol. The third-order valence-corrected chi connectivity index (χ3v) is 2.44. The van der Waals surface area contributed by atoms with Gasteiger partial charge in [0.2, 0.25) is 0 Å². The monoisotopic (exact) mass is 152 g/mol. The van der Waals surface area contributed by atoms with Gasteiger partial charge in [-0.05, 0) is 0 Å². The SMILES string of the molecule is O=C1CC(S(=O)(=O)F)C1. The van der Waals surface area contributed by atoms with Crippen molar-refractivity contribution >= 4 is 16.0 Å². The Balaban J connectivity index is 2.61. The van der Waals surface area contributed by atoms with Gasteiger partial charge in [0.1, 0.15) is 11.0 Å². The van der Waals surface area contributed by atoms with Gasteiger partial charge in [-0.25, -0.2) is 0 Å². The Bertz CT molecular complexity index is 222. The summed E-state index contributed by atoms with van der Waals surface area (Å²) in [4.78, 5) is 10.1. The normalized spacial score (nSPS) is 21.7. The van der Waals surface area contributed by atoms with Crippen molar-refractivity contribution in [1.29, 1.82) is 0 Å². The summed E-state index contributed by atoms with van der Waals surface area (Å²) >= 11 is 0. The summed E-state index contributed by atoms with van der Waals surface area (Å²) in [5.41, 5.74) is 0. The highest BCUT2D eigenvalue weighted by atomic mass is 32.3.